The monoisotopic (exact) mass is 434 g/mol. The Balaban J connectivity index is 0.00000341. The zero-order chi connectivity index (χ0) is 21.4. The van der Waals surface area contributed by atoms with Crippen LogP contribution < -0.4 is 4.74 Å². The third-order valence-electron chi connectivity index (χ3n) is 4.53. The summed E-state index contributed by atoms with van der Waals surface area (Å²) in [5.41, 5.74) is 3.35. The van der Waals surface area contributed by atoms with E-state index in [1.807, 2.05) is 36.5 Å². The number of likely N-dealkylation sites (N-methyl/N-ethyl adjacent to an activating group) is 1. The number of hydrogen-bond donors (Lipinski definition) is 0. The Morgan fingerprint density at radius 3 is 2.65 bits per heavy atom. The largest absolute Gasteiger partial charge is 0.489 e. The van der Waals surface area contributed by atoms with Crippen LogP contribution in [-0.2, 0) is 13.2 Å². The molecule has 3 aromatic rings. The van der Waals surface area contributed by atoms with Crippen molar-refractivity contribution in [2.24, 2.45) is 5.41 Å². The molecule has 0 aliphatic rings. The summed E-state index contributed by atoms with van der Waals surface area (Å²) in [4.78, 5) is 6.76. The van der Waals surface area contributed by atoms with Gasteiger partial charge in [0.1, 0.15) is 12.4 Å². The maximum absolute atomic E-state index is 6.08. The topological polar surface area (TPSA) is 25.4 Å². The third-order valence-corrected chi connectivity index (χ3v) is 4.53. The lowest BCUT2D eigenvalue weighted by atomic mass is 9.98. The van der Waals surface area contributed by atoms with Gasteiger partial charge in [-0.05, 0) is 57.7 Å². The summed E-state index contributed by atoms with van der Waals surface area (Å²) < 4.78 is 6.08. The first-order valence-electron chi connectivity index (χ1n) is 10.3. The first-order valence-corrected chi connectivity index (χ1v) is 10.3. The highest BCUT2D eigenvalue weighted by atomic mass is 35.5. The fourth-order valence-corrected chi connectivity index (χ4v) is 3.10. The van der Waals surface area contributed by atoms with Crippen molar-refractivity contribution < 1.29 is 4.74 Å². The predicted octanol–water partition coefficient (Wildman–Crippen LogP) is 6.27. The highest BCUT2D eigenvalue weighted by molar-refractivity contribution is 5.85. The van der Waals surface area contributed by atoms with Gasteiger partial charge in [-0.2, -0.15) is 0 Å². The minimum absolute atomic E-state index is 0. The molecule has 0 radical (unpaired) electrons. The number of benzene rings is 2. The van der Waals surface area contributed by atoms with Crippen LogP contribution in [0, 0.1) is 17.3 Å². The highest BCUT2D eigenvalue weighted by Gasteiger charge is 2.05. The van der Waals surface area contributed by atoms with Crippen LogP contribution in [0.2, 0.25) is 0 Å². The van der Waals surface area contributed by atoms with Gasteiger partial charge in [0.05, 0.1) is 5.52 Å². The molecule has 0 spiro atoms. The minimum atomic E-state index is 0. The van der Waals surface area contributed by atoms with E-state index in [1.54, 1.807) is 0 Å². The number of aromatic nitrogens is 1. The van der Waals surface area contributed by atoms with Crippen LogP contribution in [0.25, 0.3) is 10.9 Å². The summed E-state index contributed by atoms with van der Waals surface area (Å²) in [5, 5.41) is 1.13. The zero-order valence-corrected chi connectivity index (χ0v) is 19.6. The maximum Gasteiger partial charge on any atom is 0.120 e. The Bertz CT molecular complexity index is 1070. The first-order chi connectivity index (χ1) is 14.4. The van der Waals surface area contributed by atoms with Gasteiger partial charge < -0.3 is 4.74 Å². The zero-order valence-electron chi connectivity index (χ0n) is 18.8. The van der Waals surface area contributed by atoms with Crippen LogP contribution in [0.1, 0.15) is 31.9 Å². The molecule has 0 saturated carbocycles. The van der Waals surface area contributed by atoms with Gasteiger partial charge in [-0.25, -0.2) is 0 Å². The predicted molar refractivity (Wildman–Crippen MR) is 132 cm³/mol. The van der Waals surface area contributed by atoms with Crippen LogP contribution in [0.15, 0.2) is 72.9 Å². The van der Waals surface area contributed by atoms with E-state index in [1.165, 1.54) is 5.56 Å². The molecule has 2 aromatic carbocycles. The summed E-state index contributed by atoms with van der Waals surface area (Å²) in [6.45, 7) is 8.56. The summed E-state index contributed by atoms with van der Waals surface area (Å²) in [6.07, 6.45) is 5.87. The van der Waals surface area contributed by atoms with Crippen molar-refractivity contribution in [2.75, 3.05) is 13.6 Å². The first kappa shape index (κ1) is 24.5. The number of para-hydroxylation sites is 1. The van der Waals surface area contributed by atoms with Crippen molar-refractivity contribution in [1.29, 1.82) is 0 Å². The van der Waals surface area contributed by atoms with Crippen LogP contribution in [0.5, 0.6) is 5.75 Å². The van der Waals surface area contributed by atoms with Gasteiger partial charge in [-0.15, -0.1) is 12.4 Å². The van der Waals surface area contributed by atoms with Gasteiger partial charge in [-0.1, -0.05) is 54.3 Å². The van der Waals surface area contributed by atoms with Crippen molar-refractivity contribution >= 4 is 23.3 Å². The molecular weight excluding hydrogens is 404 g/mol. The smallest absolute Gasteiger partial charge is 0.120 e. The Hall–Kier alpha value is -2.80. The molecule has 1 heterocycles. The molecule has 0 atom stereocenters. The van der Waals surface area contributed by atoms with E-state index in [2.05, 4.69) is 86.0 Å². The number of ether oxygens (including phenoxy) is 1. The van der Waals surface area contributed by atoms with E-state index in [0.717, 1.165) is 35.3 Å². The van der Waals surface area contributed by atoms with Gasteiger partial charge in [0.15, 0.2) is 0 Å². The Morgan fingerprint density at radius 1 is 1.06 bits per heavy atom. The average molecular weight is 435 g/mol. The lowest BCUT2D eigenvalue weighted by Crippen LogP contribution is -2.17. The summed E-state index contributed by atoms with van der Waals surface area (Å²) in [7, 11) is 2.11. The van der Waals surface area contributed by atoms with Crippen LogP contribution in [0.4, 0.5) is 0 Å². The molecule has 0 amide bonds. The molecule has 0 fully saturated rings. The second-order valence-electron chi connectivity index (χ2n) is 8.55. The SMILES string of the molecule is CN(CC=CC#CC(C)(C)C)Cc1cccc(OCc2cccc3cccnc23)c1.Cl. The van der Waals surface area contributed by atoms with Crippen molar-refractivity contribution in [1.82, 2.24) is 9.88 Å². The molecule has 3 rings (SSSR count). The number of halogens is 1. The van der Waals surface area contributed by atoms with E-state index in [9.17, 15) is 0 Å². The van der Waals surface area contributed by atoms with E-state index in [4.69, 9.17) is 4.74 Å². The minimum Gasteiger partial charge on any atom is -0.489 e. The van der Waals surface area contributed by atoms with Crippen LogP contribution >= 0.6 is 12.4 Å². The number of nitrogens with zero attached hydrogens (tertiary/aromatic N) is 2. The van der Waals surface area contributed by atoms with Crippen molar-refractivity contribution in [3.63, 3.8) is 0 Å². The van der Waals surface area contributed by atoms with Crippen molar-refractivity contribution in [3.05, 3.63) is 84.1 Å². The summed E-state index contributed by atoms with van der Waals surface area (Å²) >= 11 is 0. The van der Waals surface area contributed by atoms with E-state index in [0.29, 0.717) is 6.61 Å². The molecule has 162 valence electrons. The van der Waals surface area contributed by atoms with Gasteiger partial charge in [0.25, 0.3) is 0 Å². The highest BCUT2D eigenvalue weighted by Crippen LogP contribution is 2.20. The molecule has 0 bridgehead atoms. The molecular formula is C27H31ClN2O. The van der Waals surface area contributed by atoms with Crippen molar-refractivity contribution in [2.45, 2.75) is 33.9 Å². The second kappa shape index (κ2) is 11.6. The van der Waals surface area contributed by atoms with E-state index >= 15 is 0 Å². The number of pyridine rings is 1. The quantitative estimate of drug-likeness (QED) is 0.409. The number of rotatable bonds is 7. The van der Waals surface area contributed by atoms with Gasteiger partial charge in [0.2, 0.25) is 0 Å². The molecule has 0 aliphatic heterocycles. The Labute approximate surface area is 192 Å². The van der Waals surface area contributed by atoms with E-state index in [-0.39, 0.29) is 17.8 Å². The number of allylic oxidation sites excluding steroid dienone is 1. The normalized spacial score (nSPS) is 11.3. The molecule has 0 unspecified atom stereocenters. The average Bonchev–Trinajstić information content (AvgIpc) is 2.71. The fourth-order valence-electron chi connectivity index (χ4n) is 3.10. The van der Waals surface area contributed by atoms with Crippen LogP contribution in [-0.4, -0.2) is 23.5 Å². The van der Waals surface area contributed by atoms with Gasteiger partial charge in [-0.3, -0.25) is 9.88 Å². The molecule has 0 saturated heterocycles. The number of fused-ring (bicyclic) bond motifs is 1. The standard InChI is InChI=1S/C27H30N2O.ClH/c1-27(2,3)16-6-5-7-18-29(4)20-22-11-8-15-25(19-22)30-21-24-13-9-12-23-14-10-17-28-26(23)24;/h5,7-15,17,19H,18,20-21H2,1-4H3;1H. The molecule has 4 heteroatoms. The lowest BCUT2D eigenvalue weighted by molar-refractivity contribution is 0.306. The molecule has 0 N–H and O–H groups in total. The summed E-state index contributed by atoms with van der Waals surface area (Å²) in [6, 6.07) is 18.5. The summed E-state index contributed by atoms with van der Waals surface area (Å²) in [5.74, 6) is 7.21. The Morgan fingerprint density at radius 2 is 1.84 bits per heavy atom. The molecule has 0 aliphatic carbocycles. The molecule has 1 aromatic heterocycles. The Kier molecular flexibility index (Phi) is 9.12. The maximum atomic E-state index is 6.08. The molecule has 31 heavy (non-hydrogen) atoms. The number of hydrogen-bond acceptors (Lipinski definition) is 3. The van der Waals surface area contributed by atoms with Gasteiger partial charge in [0, 0.05) is 35.7 Å². The van der Waals surface area contributed by atoms with Crippen molar-refractivity contribution in [3.8, 4) is 17.6 Å². The fraction of sp³-hybridized carbons (Fsp3) is 0.296. The van der Waals surface area contributed by atoms with E-state index < -0.39 is 0 Å². The van der Waals surface area contributed by atoms with Gasteiger partial charge >= 0.3 is 0 Å². The molecule has 3 nitrogen and oxygen atoms in total. The second-order valence-corrected chi connectivity index (χ2v) is 8.55. The third kappa shape index (κ3) is 8.09. The van der Waals surface area contributed by atoms with Crippen LogP contribution in [0.3, 0.4) is 0 Å². The lowest BCUT2D eigenvalue weighted by Gasteiger charge is -2.15.